The second kappa shape index (κ2) is 9.75. The number of rotatable bonds is 9. The normalized spacial score (nSPS) is 15.7. The summed E-state index contributed by atoms with van der Waals surface area (Å²) in [5.41, 5.74) is 4.92. The topological polar surface area (TPSA) is 56.2 Å². The first-order valence-electron chi connectivity index (χ1n) is 9.60. The van der Waals surface area contributed by atoms with Crippen LogP contribution in [-0.2, 0) is 6.42 Å². The Bertz CT molecular complexity index is 752. The van der Waals surface area contributed by atoms with Gasteiger partial charge < -0.3 is 15.2 Å². The number of benzene rings is 1. The zero-order chi connectivity index (χ0) is 19.1. The highest BCUT2D eigenvalue weighted by Gasteiger charge is 2.20. The molecule has 3 heteroatoms. The molecule has 0 fully saturated rings. The van der Waals surface area contributed by atoms with Crippen LogP contribution >= 0.6 is 0 Å². The van der Waals surface area contributed by atoms with Crippen molar-refractivity contribution in [3.8, 4) is 0 Å². The number of allylic oxidation sites excluding steroid dienone is 3. The van der Waals surface area contributed by atoms with E-state index in [0.29, 0.717) is 0 Å². The summed E-state index contributed by atoms with van der Waals surface area (Å²) in [6.45, 7) is 8.05. The van der Waals surface area contributed by atoms with Crippen LogP contribution in [0.1, 0.15) is 52.5 Å². The Morgan fingerprint density at radius 3 is 2.62 bits per heavy atom. The summed E-state index contributed by atoms with van der Waals surface area (Å²) in [7, 11) is 0. The Balaban J connectivity index is 1.80. The first-order chi connectivity index (χ1) is 12.4. The Morgan fingerprint density at radius 1 is 1.15 bits per heavy atom. The van der Waals surface area contributed by atoms with Crippen LogP contribution in [0, 0.1) is 5.92 Å². The molecule has 0 amide bonds. The lowest BCUT2D eigenvalue weighted by Gasteiger charge is -2.22. The quantitative estimate of drug-likeness (QED) is 0.545. The van der Waals surface area contributed by atoms with Crippen LogP contribution in [0.25, 0.3) is 10.9 Å². The minimum absolute atomic E-state index is 0.0852. The van der Waals surface area contributed by atoms with Gasteiger partial charge in [0, 0.05) is 17.1 Å². The minimum atomic E-state index is -0.770. The lowest BCUT2D eigenvalue weighted by Crippen LogP contribution is -2.30. The maximum Gasteiger partial charge on any atom is 0.0984 e. The first-order valence-corrected chi connectivity index (χ1v) is 9.60. The zero-order valence-corrected chi connectivity index (χ0v) is 16.5. The molecule has 3 nitrogen and oxygen atoms in total. The predicted octanol–water partition coefficient (Wildman–Crippen LogP) is 5.15. The number of hydrogen-bond acceptors (Lipinski definition) is 2. The van der Waals surface area contributed by atoms with Crippen LogP contribution in [0.15, 0.2) is 53.8 Å². The van der Waals surface area contributed by atoms with Crippen LogP contribution in [0.5, 0.6) is 0 Å². The van der Waals surface area contributed by atoms with Crippen molar-refractivity contribution >= 4 is 10.9 Å². The van der Waals surface area contributed by atoms with Gasteiger partial charge in [-0.3, -0.25) is 0 Å². The largest absolute Gasteiger partial charge is 0.390 e. The van der Waals surface area contributed by atoms with Gasteiger partial charge in [-0.05, 0) is 64.0 Å². The van der Waals surface area contributed by atoms with E-state index in [2.05, 4.69) is 42.4 Å². The highest BCUT2D eigenvalue weighted by atomic mass is 16.3. The fourth-order valence-electron chi connectivity index (χ4n) is 3.34. The molecule has 0 aliphatic rings. The van der Waals surface area contributed by atoms with Crippen molar-refractivity contribution in [2.24, 2.45) is 5.92 Å². The van der Waals surface area contributed by atoms with Crippen molar-refractivity contribution in [3.05, 3.63) is 59.3 Å². The van der Waals surface area contributed by atoms with E-state index in [1.54, 1.807) is 6.08 Å². The second-order valence-electron chi connectivity index (χ2n) is 7.71. The lowest BCUT2D eigenvalue weighted by atomic mass is 9.92. The number of H-pyrrole nitrogens is 1. The molecule has 1 aromatic carbocycles. The maximum absolute atomic E-state index is 10.2. The third-order valence-corrected chi connectivity index (χ3v) is 5.01. The van der Waals surface area contributed by atoms with Gasteiger partial charge in [-0.25, -0.2) is 0 Å². The Hall–Kier alpha value is -1.84. The molecule has 0 saturated carbocycles. The molecule has 0 radical (unpaired) electrons. The molecule has 0 saturated heterocycles. The van der Waals surface area contributed by atoms with E-state index >= 15 is 0 Å². The first kappa shape index (κ1) is 20.5. The summed E-state index contributed by atoms with van der Waals surface area (Å²) in [4.78, 5) is 3.32. The molecule has 3 N–H and O–H groups in total. The molecular weight excluding hydrogens is 322 g/mol. The average molecular weight is 356 g/mol. The number of aromatic nitrogens is 1. The number of fused-ring (bicyclic) bond motifs is 1. The average Bonchev–Trinajstić information content (AvgIpc) is 3.01. The summed E-state index contributed by atoms with van der Waals surface area (Å²) in [5.74, 6) is 0.0852. The molecule has 3 unspecified atom stereocenters. The highest BCUT2D eigenvalue weighted by Crippen LogP contribution is 2.21. The summed E-state index contributed by atoms with van der Waals surface area (Å²) in [5, 5.41) is 21.5. The molecule has 2 rings (SSSR count). The van der Waals surface area contributed by atoms with Gasteiger partial charge in [0.15, 0.2) is 0 Å². The third-order valence-electron chi connectivity index (χ3n) is 5.01. The van der Waals surface area contributed by atoms with Gasteiger partial charge in [-0.1, -0.05) is 48.4 Å². The Labute approximate surface area is 157 Å². The maximum atomic E-state index is 10.2. The van der Waals surface area contributed by atoms with Crippen molar-refractivity contribution in [1.29, 1.82) is 0 Å². The summed E-state index contributed by atoms with van der Waals surface area (Å²) < 4.78 is 0. The highest BCUT2D eigenvalue weighted by molar-refractivity contribution is 5.83. The molecule has 1 aromatic heterocycles. The van der Waals surface area contributed by atoms with E-state index in [1.807, 2.05) is 26.8 Å². The van der Waals surface area contributed by atoms with Gasteiger partial charge in [0.1, 0.15) is 0 Å². The zero-order valence-electron chi connectivity index (χ0n) is 16.5. The second-order valence-corrected chi connectivity index (χ2v) is 7.71. The molecule has 26 heavy (non-hydrogen) atoms. The van der Waals surface area contributed by atoms with E-state index in [1.165, 1.54) is 22.0 Å². The smallest absolute Gasteiger partial charge is 0.0984 e. The lowest BCUT2D eigenvalue weighted by molar-refractivity contribution is 0.00978. The van der Waals surface area contributed by atoms with Gasteiger partial charge in [-0.2, -0.15) is 0 Å². The van der Waals surface area contributed by atoms with Gasteiger partial charge >= 0.3 is 0 Å². The van der Waals surface area contributed by atoms with Crippen molar-refractivity contribution in [2.45, 2.75) is 65.6 Å². The van der Waals surface area contributed by atoms with Crippen molar-refractivity contribution in [1.82, 2.24) is 4.98 Å². The fourth-order valence-corrected chi connectivity index (χ4v) is 3.34. The van der Waals surface area contributed by atoms with E-state index in [0.717, 1.165) is 31.3 Å². The molecule has 0 bridgehead atoms. The minimum Gasteiger partial charge on any atom is -0.390 e. The van der Waals surface area contributed by atoms with E-state index in [9.17, 15) is 10.2 Å². The van der Waals surface area contributed by atoms with Gasteiger partial charge in [0.05, 0.1) is 12.2 Å². The van der Waals surface area contributed by atoms with Crippen LogP contribution in [0.3, 0.4) is 0 Å². The van der Waals surface area contributed by atoms with E-state index in [-0.39, 0.29) is 5.92 Å². The van der Waals surface area contributed by atoms with E-state index in [4.69, 9.17) is 0 Å². The Morgan fingerprint density at radius 2 is 1.88 bits per heavy atom. The number of aliphatic hydroxyl groups is 2. The van der Waals surface area contributed by atoms with Crippen LogP contribution in [0.4, 0.5) is 0 Å². The van der Waals surface area contributed by atoms with Gasteiger partial charge in [0.2, 0.25) is 0 Å². The number of para-hydroxylation sites is 1. The van der Waals surface area contributed by atoms with Crippen molar-refractivity contribution in [3.63, 3.8) is 0 Å². The number of nitrogens with one attached hydrogen (secondary N) is 1. The number of aliphatic hydroxyl groups excluding tert-OH is 2. The van der Waals surface area contributed by atoms with Crippen LogP contribution < -0.4 is 0 Å². The Kier molecular flexibility index (Phi) is 7.67. The van der Waals surface area contributed by atoms with Crippen LogP contribution in [0.2, 0.25) is 0 Å². The SMILES string of the molecule is CC(C)=CC(O)C(O)C(C)CCC/C(C)=C/Cc1c[nH]c2ccccc12. The van der Waals surface area contributed by atoms with Crippen molar-refractivity contribution < 1.29 is 10.2 Å². The van der Waals surface area contributed by atoms with Gasteiger partial charge in [0.25, 0.3) is 0 Å². The summed E-state index contributed by atoms with van der Waals surface area (Å²) in [6.07, 6.45) is 8.56. The monoisotopic (exact) mass is 355 g/mol. The molecule has 2 aromatic rings. The number of aromatic amines is 1. The van der Waals surface area contributed by atoms with Gasteiger partial charge in [-0.15, -0.1) is 0 Å². The van der Waals surface area contributed by atoms with Crippen LogP contribution in [-0.4, -0.2) is 27.4 Å². The summed E-state index contributed by atoms with van der Waals surface area (Å²) >= 11 is 0. The van der Waals surface area contributed by atoms with Crippen molar-refractivity contribution in [2.75, 3.05) is 0 Å². The molecule has 0 aliphatic carbocycles. The fraction of sp³-hybridized carbons (Fsp3) is 0.478. The molecular formula is C23H33NO2. The molecule has 0 aliphatic heterocycles. The third kappa shape index (κ3) is 5.86. The molecule has 3 atom stereocenters. The molecule has 1 heterocycles. The standard InChI is InChI=1S/C23H33NO2/c1-16(2)14-22(25)23(26)18(4)9-7-8-17(3)12-13-19-15-24-21-11-6-5-10-20(19)21/h5-6,10-12,14-15,18,22-26H,7-9,13H2,1-4H3/b17-12+. The summed E-state index contributed by atoms with van der Waals surface area (Å²) in [6, 6.07) is 8.39. The molecule has 142 valence electrons. The molecule has 0 spiro atoms. The van der Waals surface area contributed by atoms with E-state index < -0.39 is 12.2 Å². The predicted molar refractivity (Wildman–Crippen MR) is 110 cm³/mol. The number of hydrogen-bond donors (Lipinski definition) is 3.